The Morgan fingerprint density at radius 1 is 1.05 bits per heavy atom. The largest absolute Gasteiger partial charge is 0.492 e. The van der Waals surface area contributed by atoms with Gasteiger partial charge in [-0.05, 0) is 30.3 Å². The summed E-state index contributed by atoms with van der Waals surface area (Å²) in [5.41, 5.74) is -0.499. The van der Waals surface area contributed by atoms with Gasteiger partial charge < -0.3 is 10.1 Å². The molecule has 0 aliphatic heterocycles. The number of rotatable bonds is 5. The highest BCUT2D eigenvalue weighted by atomic mass is 35.5. The lowest BCUT2D eigenvalue weighted by atomic mass is 10.2. The van der Waals surface area contributed by atoms with Crippen molar-refractivity contribution in [1.29, 1.82) is 0 Å². The molecule has 0 atom stereocenters. The molecule has 0 fully saturated rings. The molecule has 0 aliphatic carbocycles. The summed E-state index contributed by atoms with van der Waals surface area (Å²) in [6, 6.07) is 12.3. The number of anilines is 1. The predicted octanol–water partition coefficient (Wildman–Crippen LogP) is 4.85. The van der Waals surface area contributed by atoms with Gasteiger partial charge >= 0.3 is 6.18 Å². The molecule has 21 heavy (non-hydrogen) atoms. The van der Waals surface area contributed by atoms with Crippen LogP contribution < -0.4 is 10.1 Å². The standard InChI is InChI=1S/C15H13ClF3NO/c16-13-7-6-11(15(17,18)19)10-14(13)20-8-9-21-12-4-2-1-3-5-12/h1-7,10,20H,8-9H2. The van der Waals surface area contributed by atoms with Crippen LogP contribution in [0.1, 0.15) is 5.56 Å². The first kappa shape index (κ1) is 15.5. The van der Waals surface area contributed by atoms with E-state index in [2.05, 4.69) is 5.32 Å². The van der Waals surface area contributed by atoms with E-state index < -0.39 is 11.7 Å². The van der Waals surface area contributed by atoms with E-state index in [1.54, 1.807) is 12.1 Å². The second-order valence-corrected chi connectivity index (χ2v) is 4.69. The minimum absolute atomic E-state index is 0.239. The molecule has 0 aliphatic rings. The van der Waals surface area contributed by atoms with E-state index in [9.17, 15) is 13.2 Å². The molecular formula is C15H13ClF3NO. The molecule has 0 bridgehead atoms. The maximum Gasteiger partial charge on any atom is 0.416 e. The highest BCUT2D eigenvalue weighted by Gasteiger charge is 2.30. The Kier molecular flexibility index (Phi) is 4.96. The van der Waals surface area contributed by atoms with Crippen LogP contribution in [0.25, 0.3) is 0 Å². The Balaban J connectivity index is 1.91. The van der Waals surface area contributed by atoms with Gasteiger partial charge in [-0.25, -0.2) is 0 Å². The van der Waals surface area contributed by atoms with E-state index in [1.165, 1.54) is 6.07 Å². The van der Waals surface area contributed by atoms with Gasteiger partial charge in [-0.3, -0.25) is 0 Å². The second kappa shape index (κ2) is 6.72. The molecule has 112 valence electrons. The van der Waals surface area contributed by atoms with Gasteiger partial charge in [0.2, 0.25) is 0 Å². The number of nitrogens with one attached hydrogen (secondary N) is 1. The number of ether oxygens (including phenoxy) is 1. The summed E-state index contributed by atoms with van der Waals surface area (Å²) in [6.07, 6.45) is -4.39. The molecule has 0 saturated carbocycles. The molecule has 2 rings (SSSR count). The van der Waals surface area contributed by atoms with E-state index in [0.717, 1.165) is 12.1 Å². The fourth-order valence-corrected chi connectivity index (χ4v) is 1.89. The van der Waals surface area contributed by atoms with Crippen LogP contribution in [-0.4, -0.2) is 13.2 Å². The highest BCUT2D eigenvalue weighted by Crippen LogP contribution is 2.33. The number of benzene rings is 2. The van der Waals surface area contributed by atoms with Gasteiger partial charge in [0, 0.05) is 6.54 Å². The summed E-state index contributed by atoms with van der Waals surface area (Å²) in [5.74, 6) is 0.703. The number of hydrogen-bond acceptors (Lipinski definition) is 2. The van der Waals surface area contributed by atoms with Crippen molar-refractivity contribution in [2.24, 2.45) is 0 Å². The first-order valence-electron chi connectivity index (χ1n) is 6.25. The van der Waals surface area contributed by atoms with E-state index in [0.29, 0.717) is 18.9 Å². The predicted molar refractivity (Wildman–Crippen MR) is 76.9 cm³/mol. The summed E-state index contributed by atoms with van der Waals surface area (Å²) < 4.78 is 43.3. The third-order valence-corrected chi connectivity index (χ3v) is 3.05. The van der Waals surface area contributed by atoms with Gasteiger partial charge in [-0.1, -0.05) is 29.8 Å². The fraction of sp³-hybridized carbons (Fsp3) is 0.200. The zero-order valence-electron chi connectivity index (χ0n) is 11.0. The van der Waals surface area contributed by atoms with Crippen LogP contribution >= 0.6 is 11.6 Å². The number of halogens is 4. The van der Waals surface area contributed by atoms with Crippen molar-refractivity contribution in [3.8, 4) is 5.75 Å². The van der Waals surface area contributed by atoms with Crippen molar-refractivity contribution >= 4 is 17.3 Å². The minimum Gasteiger partial charge on any atom is -0.492 e. The molecule has 2 nitrogen and oxygen atoms in total. The topological polar surface area (TPSA) is 21.3 Å². The van der Waals surface area contributed by atoms with Crippen molar-refractivity contribution in [2.45, 2.75) is 6.18 Å². The molecule has 0 heterocycles. The molecule has 0 saturated heterocycles. The molecule has 0 radical (unpaired) electrons. The summed E-state index contributed by atoms with van der Waals surface area (Å²) in [7, 11) is 0. The maximum absolute atomic E-state index is 12.6. The van der Waals surface area contributed by atoms with Crippen molar-refractivity contribution in [3.63, 3.8) is 0 Å². The van der Waals surface area contributed by atoms with Gasteiger partial charge in [0.1, 0.15) is 12.4 Å². The van der Waals surface area contributed by atoms with Gasteiger partial charge in [0.05, 0.1) is 16.3 Å². The highest BCUT2D eigenvalue weighted by molar-refractivity contribution is 6.33. The quantitative estimate of drug-likeness (QED) is 0.796. The minimum atomic E-state index is -4.39. The summed E-state index contributed by atoms with van der Waals surface area (Å²) in [5, 5.41) is 3.08. The molecule has 0 unspecified atom stereocenters. The Morgan fingerprint density at radius 2 is 1.76 bits per heavy atom. The van der Waals surface area contributed by atoms with Crippen LogP contribution in [0.3, 0.4) is 0 Å². The van der Waals surface area contributed by atoms with Crippen LogP contribution in [-0.2, 0) is 6.18 Å². The first-order chi connectivity index (χ1) is 9.97. The van der Waals surface area contributed by atoms with E-state index in [1.807, 2.05) is 18.2 Å². The molecule has 0 aromatic heterocycles. The van der Waals surface area contributed by atoms with Crippen molar-refractivity contribution in [2.75, 3.05) is 18.5 Å². The lowest BCUT2D eigenvalue weighted by Gasteiger charge is -2.13. The smallest absolute Gasteiger partial charge is 0.416 e. The van der Waals surface area contributed by atoms with Gasteiger partial charge in [0.25, 0.3) is 0 Å². The van der Waals surface area contributed by atoms with Crippen LogP contribution in [0.2, 0.25) is 5.02 Å². The van der Waals surface area contributed by atoms with Crippen molar-refractivity contribution < 1.29 is 17.9 Å². The maximum atomic E-state index is 12.6. The molecule has 2 aromatic rings. The molecular weight excluding hydrogens is 303 g/mol. The molecule has 0 spiro atoms. The van der Waals surface area contributed by atoms with Gasteiger partial charge in [-0.15, -0.1) is 0 Å². The van der Waals surface area contributed by atoms with Crippen molar-refractivity contribution in [3.05, 3.63) is 59.1 Å². The molecule has 6 heteroatoms. The summed E-state index contributed by atoms with van der Waals surface area (Å²) >= 11 is 5.87. The SMILES string of the molecule is FC(F)(F)c1ccc(Cl)c(NCCOc2ccccc2)c1. The van der Waals surface area contributed by atoms with Gasteiger partial charge in [0.15, 0.2) is 0 Å². The Morgan fingerprint density at radius 3 is 2.43 bits per heavy atom. The van der Waals surface area contributed by atoms with Gasteiger partial charge in [-0.2, -0.15) is 13.2 Å². The summed E-state index contributed by atoms with van der Waals surface area (Å²) in [4.78, 5) is 0. The number of para-hydroxylation sites is 1. The van der Waals surface area contributed by atoms with Crippen molar-refractivity contribution in [1.82, 2.24) is 0 Å². The molecule has 2 aromatic carbocycles. The average molecular weight is 316 g/mol. The number of hydrogen-bond donors (Lipinski definition) is 1. The first-order valence-corrected chi connectivity index (χ1v) is 6.63. The van der Waals surface area contributed by atoms with Crippen LogP contribution in [0.15, 0.2) is 48.5 Å². The monoisotopic (exact) mass is 315 g/mol. The number of alkyl halides is 3. The lowest BCUT2D eigenvalue weighted by molar-refractivity contribution is -0.137. The lowest BCUT2D eigenvalue weighted by Crippen LogP contribution is -2.13. The Labute approximate surface area is 125 Å². The Hall–Kier alpha value is -1.88. The van der Waals surface area contributed by atoms with Crippen LogP contribution in [0, 0.1) is 0 Å². The zero-order chi connectivity index (χ0) is 15.3. The average Bonchev–Trinajstić information content (AvgIpc) is 2.45. The zero-order valence-corrected chi connectivity index (χ0v) is 11.7. The van der Waals surface area contributed by atoms with Crippen LogP contribution in [0.4, 0.5) is 18.9 Å². The third-order valence-electron chi connectivity index (χ3n) is 2.72. The second-order valence-electron chi connectivity index (χ2n) is 4.28. The van der Waals surface area contributed by atoms with E-state index in [-0.39, 0.29) is 10.7 Å². The van der Waals surface area contributed by atoms with E-state index >= 15 is 0 Å². The van der Waals surface area contributed by atoms with Crippen LogP contribution in [0.5, 0.6) is 5.75 Å². The molecule has 1 N–H and O–H groups in total. The third kappa shape index (κ3) is 4.56. The Bertz CT molecular complexity index is 587. The normalized spacial score (nSPS) is 11.2. The van der Waals surface area contributed by atoms with E-state index in [4.69, 9.17) is 16.3 Å². The fourth-order valence-electron chi connectivity index (χ4n) is 1.71. The summed E-state index contributed by atoms with van der Waals surface area (Å²) in [6.45, 7) is 0.659. The molecule has 0 amide bonds.